The van der Waals surface area contributed by atoms with Gasteiger partial charge in [-0.3, -0.25) is 14.4 Å². The van der Waals surface area contributed by atoms with Crippen molar-refractivity contribution < 1.29 is 4.79 Å². The molecular weight excluding hydrogens is 400 g/mol. The largest absolute Gasteiger partial charge is 0.281 e. The number of amides is 1. The molecule has 0 saturated heterocycles. The fourth-order valence-corrected chi connectivity index (χ4v) is 5.11. The molecule has 0 saturated carbocycles. The third kappa shape index (κ3) is 3.76. The molecular formula is C19H17ClN4OS2. The Labute approximate surface area is 169 Å². The van der Waals surface area contributed by atoms with E-state index in [2.05, 4.69) is 24.2 Å². The van der Waals surface area contributed by atoms with E-state index >= 15 is 0 Å². The van der Waals surface area contributed by atoms with Gasteiger partial charge in [-0.25, -0.2) is 4.98 Å². The Morgan fingerprint density at radius 1 is 1.26 bits per heavy atom. The first kappa shape index (κ1) is 18.2. The Hall–Kier alpha value is -2.22. The van der Waals surface area contributed by atoms with Gasteiger partial charge in [0.1, 0.15) is 0 Å². The Balaban J connectivity index is 1.72. The van der Waals surface area contributed by atoms with Gasteiger partial charge < -0.3 is 0 Å². The van der Waals surface area contributed by atoms with E-state index < -0.39 is 0 Å². The van der Waals surface area contributed by atoms with Crippen LogP contribution in [0.3, 0.4) is 0 Å². The van der Waals surface area contributed by atoms with Gasteiger partial charge in [-0.2, -0.15) is 5.10 Å². The average molecular weight is 417 g/mol. The van der Waals surface area contributed by atoms with Gasteiger partial charge in [0, 0.05) is 18.9 Å². The van der Waals surface area contributed by atoms with E-state index in [0.29, 0.717) is 27.4 Å². The number of aryl methyl sites for hydroxylation is 2. The number of carbonyl (C=O) groups excluding carboxylic acids is 1. The number of fused-ring (bicyclic) bond motifs is 1. The molecule has 0 atom stereocenters. The van der Waals surface area contributed by atoms with E-state index in [1.165, 1.54) is 28.2 Å². The van der Waals surface area contributed by atoms with Crippen molar-refractivity contribution in [3.05, 3.63) is 63.1 Å². The highest BCUT2D eigenvalue weighted by atomic mass is 35.5. The first-order chi connectivity index (χ1) is 13.0. The third-order valence-electron chi connectivity index (χ3n) is 4.19. The summed E-state index contributed by atoms with van der Waals surface area (Å²) in [4.78, 5) is 20.3. The predicted octanol–water partition coefficient (Wildman–Crippen LogP) is 5.17. The molecule has 0 bridgehead atoms. The van der Waals surface area contributed by atoms with Crippen LogP contribution in [-0.2, 0) is 6.54 Å². The molecule has 138 valence electrons. The molecule has 0 N–H and O–H groups in total. The minimum atomic E-state index is -0.0903. The quantitative estimate of drug-likeness (QED) is 0.451. The molecule has 4 aromatic rings. The summed E-state index contributed by atoms with van der Waals surface area (Å²) in [6, 6.07) is 9.60. The molecule has 1 amide bonds. The van der Waals surface area contributed by atoms with Crippen molar-refractivity contribution in [2.24, 2.45) is 0 Å². The van der Waals surface area contributed by atoms with Crippen molar-refractivity contribution in [2.75, 3.05) is 11.4 Å². The second kappa shape index (κ2) is 7.42. The Morgan fingerprint density at radius 3 is 2.81 bits per heavy atom. The number of rotatable bonds is 5. The molecule has 5 nitrogen and oxygen atoms in total. The van der Waals surface area contributed by atoms with E-state index in [1.54, 1.807) is 23.2 Å². The number of hydrogen-bond acceptors (Lipinski definition) is 5. The summed E-state index contributed by atoms with van der Waals surface area (Å²) in [7, 11) is 0. The van der Waals surface area contributed by atoms with E-state index in [0.717, 1.165) is 15.8 Å². The number of nitrogens with zero attached hydrogens (tertiary/aromatic N) is 4. The number of aromatic nitrogens is 3. The van der Waals surface area contributed by atoms with Gasteiger partial charge in [-0.15, -0.1) is 11.3 Å². The van der Waals surface area contributed by atoms with Gasteiger partial charge in [0.05, 0.1) is 26.0 Å². The van der Waals surface area contributed by atoms with Crippen LogP contribution in [0.5, 0.6) is 0 Å². The van der Waals surface area contributed by atoms with Crippen LogP contribution in [0.25, 0.3) is 10.2 Å². The van der Waals surface area contributed by atoms with Gasteiger partial charge >= 0.3 is 0 Å². The molecule has 3 heterocycles. The lowest BCUT2D eigenvalue weighted by molar-refractivity contribution is 0.0989. The van der Waals surface area contributed by atoms with Crippen LogP contribution in [0.4, 0.5) is 5.13 Å². The molecule has 27 heavy (non-hydrogen) atoms. The summed E-state index contributed by atoms with van der Waals surface area (Å²) in [5, 5.41) is 4.92. The smallest absolute Gasteiger partial charge is 0.270 e. The highest BCUT2D eigenvalue weighted by Gasteiger charge is 2.23. The summed E-state index contributed by atoms with van der Waals surface area (Å²) in [5.74, 6) is -0.0903. The zero-order valence-electron chi connectivity index (χ0n) is 14.8. The predicted molar refractivity (Wildman–Crippen MR) is 112 cm³/mol. The van der Waals surface area contributed by atoms with Crippen LogP contribution in [0, 0.1) is 13.8 Å². The molecule has 0 aliphatic heterocycles. The number of thiophene rings is 1. The summed E-state index contributed by atoms with van der Waals surface area (Å²) in [5.41, 5.74) is 3.25. The normalized spacial score (nSPS) is 11.2. The van der Waals surface area contributed by atoms with Crippen LogP contribution in [0.2, 0.25) is 4.34 Å². The molecule has 0 radical (unpaired) electrons. The van der Waals surface area contributed by atoms with E-state index in [-0.39, 0.29) is 5.91 Å². The van der Waals surface area contributed by atoms with Gasteiger partial charge in [-0.05, 0) is 49.2 Å². The van der Waals surface area contributed by atoms with Crippen molar-refractivity contribution in [1.29, 1.82) is 0 Å². The molecule has 4 rings (SSSR count). The lowest BCUT2D eigenvalue weighted by Gasteiger charge is -2.19. The van der Waals surface area contributed by atoms with Crippen molar-refractivity contribution in [3.63, 3.8) is 0 Å². The standard InChI is InChI=1S/C19H17ClN4OS2/c1-12-10-13(2)17-15(11-12)27-19(22-17)24(9-8-23-7-3-6-21-23)18(25)14-4-5-16(20)26-14/h3-7,10-11H,8-9H2,1-2H3. The highest BCUT2D eigenvalue weighted by Crippen LogP contribution is 2.33. The van der Waals surface area contributed by atoms with Gasteiger partial charge in [0.2, 0.25) is 0 Å². The highest BCUT2D eigenvalue weighted by molar-refractivity contribution is 7.22. The second-order valence-electron chi connectivity index (χ2n) is 6.25. The van der Waals surface area contributed by atoms with E-state index in [9.17, 15) is 4.79 Å². The molecule has 0 unspecified atom stereocenters. The maximum absolute atomic E-state index is 13.2. The number of anilines is 1. The summed E-state index contributed by atoms with van der Waals surface area (Å²) in [6.45, 7) is 5.19. The van der Waals surface area contributed by atoms with Crippen LogP contribution in [-0.4, -0.2) is 27.2 Å². The average Bonchev–Trinajstić information content (AvgIpc) is 3.35. The maximum atomic E-state index is 13.2. The Morgan fingerprint density at radius 2 is 2.11 bits per heavy atom. The Bertz CT molecular complexity index is 1100. The van der Waals surface area contributed by atoms with Crippen LogP contribution in [0.15, 0.2) is 42.7 Å². The molecule has 1 aromatic carbocycles. The zero-order valence-corrected chi connectivity index (χ0v) is 17.2. The first-order valence-corrected chi connectivity index (χ1v) is 10.4. The molecule has 0 fully saturated rings. The third-order valence-corrected chi connectivity index (χ3v) is 6.43. The zero-order chi connectivity index (χ0) is 19.0. The van der Waals surface area contributed by atoms with Crippen LogP contribution < -0.4 is 4.90 Å². The monoisotopic (exact) mass is 416 g/mol. The van der Waals surface area contributed by atoms with Gasteiger partial charge in [0.25, 0.3) is 5.91 Å². The number of benzene rings is 1. The molecule has 0 aliphatic rings. The number of carbonyl (C=O) groups is 1. The first-order valence-electron chi connectivity index (χ1n) is 8.43. The summed E-state index contributed by atoms with van der Waals surface area (Å²) in [6.07, 6.45) is 3.62. The van der Waals surface area contributed by atoms with Gasteiger partial charge in [-0.1, -0.05) is 29.0 Å². The second-order valence-corrected chi connectivity index (χ2v) is 8.98. The van der Waals surface area contributed by atoms with Crippen molar-refractivity contribution >= 4 is 55.5 Å². The number of hydrogen-bond donors (Lipinski definition) is 0. The van der Waals surface area contributed by atoms with Crippen molar-refractivity contribution in [2.45, 2.75) is 20.4 Å². The molecule has 8 heteroatoms. The fourth-order valence-electron chi connectivity index (χ4n) is 2.96. The SMILES string of the molecule is Cc1cc(C)c2nc(N(CCn3cccn3)C(=O)c3ccc(Cl)s3)sc2c1. The van der Waals surface area contributed by atoms with E-state index in [4.69, 9.17) is 16.6 Å². The molecule has 3 aromatic heterocycles. The number of thiazole rings is 1. The summed E-state index contributed by atoms with van der Waals surface area (Å²) >= 11 is 8.86. The minimum Gasteiger partial charge on any atom is -0.281 e. The molecule has 0 aliphatic carbocycles. The minimum absolute atomic E-state index is 0.0903. The fraction of sp³-hybridized carbons (Fsp3) is 0.211. The van der Waals surface area contributed by atoms with E-state index in [1.807, 2.05) is 23.9 Å². The lowest BCUT2D eigenvalue weighted by atomic mass is 10.1. The van der Waals surface area contributed by atoms with Crippen LogP contribution in [0.1, 0.15) is 20.8 Å². The lowest BCUT2D eigenvalue weighted by Crippen LogP contribution is -2.33. The van der Waals surface area contributed by atoms with Crippen molar-refractivity contribution in [1.82, 2.24) is 14.8 Å². The molecule has 0 spiro atoms. The van der Waals surface area contributed by atoms with Crippen molar-refractivity contribution in [3.8, 4) is 0 Å². The summed E-state index contributed by atoms with van der Waals surface area (Å²) < 4.78 is 3.49. The number of halogens is 1. The topological polar surface area (TPSA) is 51.0 Å². The van der Waals surface area contributed by atoms with Crippen LogP contribution >= 0.6 is 34.3 Å². The van der Waals surface area contributed by atoms with Gasteiger partial charge in [0.15, 0.2) is 5.13 Å². The Kier molecular flexibility index (Phi) is 4.99. The maximum Gasteiger partial charge on any atom is 0.270 e.